The summed E-state index contributed by atoms with van der Waals surface area (Å²) in [6.07, 6.45) is 4.84. The van der Waals surface area contributed by atoms with Crippen LogP contribution in [0.15, 0.2) is 4.99 Å². The van der Waals surface area contributed by atoms with E-state index in [1.54, 1.807) is 7.05 Å². The summed E-state index contributed by atoms with van der Waals surface area (Å²) in [5.74, 6) is 0.841. The number of hydrogen-bond acceptors (Lipinski definition) is 3. The molecule has 0 unspecified atom stereocenters. The van der Waals surface area contributed by atoms with E-state index in [0.717, 1.165) is 38.4 Å². The second kappa shape index (κ2) is 12.7. The molecule has 0 bridgehead atoms. The molecule has 0 aromatic carbocycles. The summed E-state index contributed by atoms with van der Waals surface area (Å²) in [4.78, 5) is 19.1. The van der Waals surface area contributed by atoms with Gasteiger partial charge in [-0.1, -0.05) is 13.3 Å². The summed E-state index contributed by atoms with van der Waals surface area (Å²) in [6, 6.07) is 0.462. The zero-order chi connectivity index (χ0) is 18.0. The molecule has 1 saturated heterocycles. The SMILES string of the molecule is CCCCN1CCC(NC(=NCC(C)(C)C(=O)NC)NCC)CC1.I. The minimum atomic E-state index is -0.499. The highest BCUT2D eigenvalue weighted by molar-refractivity contribution is 14.0. The van der Waals surface area contributed by atoms with Gasteiger partial charge in [0.1, 0.15) is 0 Å². The third-order valence-corrected chi connectivity index (χ3v) is 4.57. The molecule has 3 N–H and O–H groups in total. The Morgan fingerprint density at radius 2 is 1.88 bits per heavy atom. The number of hydrogen-bond donors (Lipinski definition) is 3. The second-order valence-electron chi connectivity index (χ2n) is 7.27. The van der Waals surface area contributed by atoms with Gasteiger partial charge in [0.2, 0.25) is 5.91 Å². The van der Waals surface area contributed by atoms with E-state index in [-0.39, 0.29) is 29.9 Å². The summed E-state index contributed by atoms with van der Waals surface area (Å²) < 4.78 is 0. The second-order valence-corrected chi connectivity index (χ2v) is 7.27. The van der Waals surface area contributed by atoms with Crippen LogP contribution in [0.4, 0.5) is 0 Å². The lowest BCUT2D eigenvalue weighted by molar-refractivity contribution is -0.128. The molecule has 0 aliphatic carbocycles. The largest absolute Gasteiger partial charge is 0.359 e. The van der Waals surface area contributed by atoms with E-state index in [4.69, 9.17) is 0 Å². The average Bonchev–Trinajstić information content (AvgIpc) is 2.58. The van der Waals surface area contributed by atoms with Crippen molar-refractivity contribution in [1.82, 2.24) is 20.9 Å². The van der Waals surface area contributed by atoms with Gasteiger partial charge in [-0.15, -0.1) is 24.0 Å². The van der Waals surface area contributed by atoms with Gasteiger partial charge < -0.3 is 20.9 Å². The van der Waals surface area contributed by atoms with Crippen molar-refractivity contribution >= 4 is 35.8 Å². The number of carbonyl (C=O) groups is 1. The predicted molar refractivity (Wildman–Crippen MR) is 117 cm³/mol. The van der Waals surface area contributed by atoms with E-state index < -0.39 is 5.41 Å². The van der Waals surface area contributed by atoms with Gasteiger partial charge in [0.25, 0.3) is 0 Å². The van der Waals surface area contributed by atoms with E-state index in [2.05, 4.69) is 39.7 Å². The molecular weight excluding hydrogens is 429 g/mol. The molecule has 6 nitrogen and oxygen atoms in total. The molecule has 0 radical (unpaired) electrons. The Kier molecular flexibility index (Phi) is 12.4. The van der Waals surface area contributed by atoms with Gasteiger partial charge in [-0.3, -0.25) is 9.79 Å². The lowest BCUT2D eigenvalue weighted by Crippen LogP contribution is -2.49. The first-order valence-corrected chi connectivity index (χ1v) is 9.42. The Bertz CT molecular complexity index is 406. The maximum Gasteiger partial charge on any atom is 0.227 e. The zero-order valence-corrected chi connectivity index (χ0v) is 19.0. The summed E-state index contributed by atoms with van der Waals surface area (Å²) >= 11 is 0. The number of amides is 1. The molecule has 1 aliphatic rings. The summed E-state index contributed by atoms with van der Waals surface area (Å²) in [7, 11) is 1.67. The van der Waals surface area contributed by atoms with Crippen LogP contribution in [-0.4, -0.2) is 62.6 Å². The number of guanidine groups is 1. The van der Waals surface area contributed by atoms with E-state index in [0.29, 0.717) is 12.6 Å². The molecule has 0 aromatic heterocycles. The molecule has 25 heavy (non-hydrogen) atoms. The van der Waals surface area contributed by atoms with E-state index in [1.165, 1.54) is 19.4 Å². The molecular formula is C18H38IN5O. The highest BCUT2D eigenvalue weighted by Crippen LogP contribution is 2.15. The Balaban J connectivity index is 0.00000576. The molecule has 1 amide bonds. The normalized spacial score (nSPS) is 16.9. The van der Waals surface area contributed by atoms with Gasteiger partial charge in [0.15, 0.2) is 5.96 Å². The summed E-state index contributed by atoms with van der Waals surface area (Å²) in [5, 5.41) is 9.55. The number of likely N-dealkylation sites (tertiary alicyclic amines) is 1. The van der Waals surface area contributed by atoms with Crippen molar-refractivity contribution in [2.24, 2.45) is 10.4 Å². The lowest BCUT2D eigenvalue weighted by atomic mass is 9.93. The van der Waals surface area contributed by atoms with Crippen LogP contribution in [0.1, 0.15) is 53.4 Å². The third-order valence-electron chi connectivity index (χ3n) is 4.57. The molecule has 0 aromatic rings. The number of carbonyl (C=O) groups excluding carboxylic acids is 1. The molecule has 148 valence electrons. The van der Waals surface area contributed by atoms with E-state index in [9.17, 15) is 4.79 Å². The molecule has 1 fully saturated rings. The van der Waals surface area contributed by atoms with Gasteiger partial charge in [0.05, 0.1) is 12.0 Å². The van der Waals surface area contributed by atoms with Crippen molar-refractivity contribution in [1.29, 1.82) is 0 Å². The Labute approximate surface area is 171 Å². The van der Waals surface area contributed by atoms with Crippen LogP contribution in [-0.2, 0) is 4.79 Å². The molecule has 7 heteroatoms. The summed E-state index contributed by atoms with van der Waals surface area (Å²) in [5.41, 5.74) is -0.499. The molecule has 1 heterocycles. The Morgan fingerprint density at radius 1 is 1.24 bits per heavy atom. The quantitative estimate of drug-likeness (QED) is 0.291. The fourth-order valence-electron chi connectivity index (χ4n) is 2.88. The number of aliphatic imine (C=N–C) groups is 1. The van der Waals surface area contributed by atoms with Crippen LogP contribution in [0.25, 0.3) is 0 Å². The standard InChI is InChI=1S/C18H37N5O.HI/c1-6-8-11-23-12-9-15(10-13-23)22-17(20-7-2)21-14-18(3,4)16(24)19-5;/h15H,6-14H2,1-5H3,(H,19,24)(H2,20,21,22);1H. The number of unbranched alkanes of at least 4 members (excludes halogenated alkanes) is 1. The fourth-order valence-corrected chi connectivity index (χ4v) is 2.88. The number of nitrogens with one attached hydrogen (secondary N) is 3. The maximum absolute atomic E-state index is 11.9. The highest BCUT2D eigenvalue weighted by atomic mass is 127. The van der Waals surface area contributed by atoms with Crippen molar-refractivity contribution in [3.63, 3.8) is 0 Å². The van der Waals surface area contributed by atoms with Gasteiger partial charge in [-0.25, -0.2) is 0 Å². The lowest BCUT2D eigenvalue weighted by Gasteiger charge is -2.33. The monoisotopic (exact) mass is 467 g/mol. The zero-order valence-electron chi connectivity index (χ0n) is 16.7. The fraction of sp³-hybridized carbons (Fsp3) is 0.889. The molecule has 1 aliphatic heterocycles. The van der Waals surface area contributed by atoms with Crippen molar-refractivity contribution in [3.8, 4) is 0 Å². The highest BCUT2D eigenvalue weighted by Gasteiger charge is 2.26. The first-order chi connectivity index (χ1) is 11.4. The smallest absolute Gasteiger partial charge is 0.227 e. The van der Waals surface area contributed by atoms with Crippen molar-refractivity contribution in [3.05, 3.63) is 0 Å². The van der Waals surface area contributed by atoms with E-state index in [1.807, 2.05) is 13.8 Å². The molecule has 0 spiro atoms. The Morgan fingerprint density at radius 3 is 2.40 bits per heavy atom. The molecule has 0 saturated carbocycles. The number of rotatable bonds is 8. The predicted octanol–water partition coefficient (Wildman–Crippen LogP) is 2.20. The van der Waals surface area contributed by atoms with Crippen molar-refractivity contribution < 1.29 is 4.79 Å². The van der Waals surface area contributed by atoms with Gasteiger partial charge >= 0.3 is 0 Å². The van der Waals surface area contributed by atoms with Gasteiger partial charge in [-0.2, -0.15) is 0 Å². The van der Waals surface area contributed by atoms with Crippen LogP contribution in [0.3, 0.4) is 0 Å². The number of nitrogens with zero attached hydrogens (tertiary/aromatic N) is 2. The Hall–Kier alpha value is -0.570. The van der Waals surface area contributed by atoms with Crippen LogP contribution >= 0.6 is 24.0 Å². The first kappa shape index (κ1) is 24.4. The molecule has 0 atom stereocenters. The van der Waals surface area contributed by atoms with Crippen LogP contribution in [0.5, 0.6) is 0 Å². The summed E-state index contributed by atoms with van der Waals surface area (Å²) in [6.45, 7) is 13.0. The third kappa shape index (κ3) is 9.08. The van der Waals surface area contributed by atoms with Crippen molar-refractivity contribution in [2.75, 3.05) is 39.8 Å². The molecule has 1 rings (SSSR count). The van der Waals surface area contributed by atoms with Crippen LogP contribution in [0.2, 0.25) is 0 Å². The van der Waals surface area contributed by atoms with E-state index >= 15 is 0 Å². The number of halogens is 1. The minimum Gasteiger partial charge on any atom is -0.359 e. The van der Waals surface area contributed by atoms with Crippen LogP contribution in [0, 0.1) is 5.41 Å². The average molecular weight is 467 g/mol. The number of piperidine rings is 1. The van der Waals surface area contributed by atoms with Crippen molar-refractivity contribution in [2.45, 2.75) is 59.4 Å². The van der Waals surface area contributed by atoms with Gasteiger partial charge in [-0.05, 0) is 46.6 Å². The van der Waals surface area contributed by atoms with Gasteiger partial charge in [0, 0.05) is 32.7 Å². The minimum absolute atomic E-state index is 0. The van der Waals surface area contributed by atoms with Crippen LogP contribution < -0.4 is 16.0 Å². The first-order valence-electron chi connectivity index (χ1n) is 9.42. The maximum atomic E-state index is 11.9. The topological polar surface area (TPSA) is 68.8 Å².